The SMILES string of the molecule is C[C@H]1OCCN[C@@H]1C(=O)NCC(O)c1ccc2ccccc2c1. The molecule has 1 unspecified atom stereocenters. The molecule has 3 atom stereocenters. The fourth-order valence-electron chi connectivity index (χ4n) is 2.87. The lowest BCUT2D eigenvalue weighted by molar-refractivity contribution is -0.129. The van der Waals surface area contributed by atoms with Crippen LogP contribution in [0, 0.1) is 0 Å². The molecule has 1 amide bonds. The highest BCUT2D eigenvalue weighted by Gasteiger charge is 2.28. The van der Waals surface area contributed by atoms with Gasteiger partial charge in [-0.3, -0.25) is 4.79 Å². The summed E-state index contributed by atoms with van der Waals surface area (Å²) in [5.41, 5.74) is 0.796. The Morgan fingerprint density at radius 3 is 2.91 bits per heavy atom. The molecule has 1 aliphatic heterocycles. The number of carbonyl (C=O) groups is 1. The molecule has 0 spiro atoms. The minimum absolute atomic E-state index is 0.142. The van der Waals surface area contributed by atoms with Crippen molar-refractivity contribution in [1.82, 2.24) is 10.6 Å². The van der Waals surface area contributed by atoms with Crippen molar-refractivity contribution < 1.29 is 14.6 Å². The number of morpholine rings is 1. The molecular weight excluding hydrogens is 292 g/mol. The number of fused-ring (bicyclic) bond motifs is 1. The maximum absolute atomic E-state index is 12.2. The maximum atomic E-state index is 12.2. The van der Waals surface area contributed by atoms with E-state index in [2.05, 4.69) is 10.6 Å². The van der Waals surface area contributed by atoms with E-state index in [0.29, 0.717) is 13.2 Å². The van der Waals surface area contributed by atoms with Crippen molar-refractivity contribution in [3.05, 3.63) is 48.0 Å². The molecule has 23 heavy (non-hydrogen) atoms. The van der Waals surface area contributed by atoms with Crippen LogP contribution in [0.25, 0.3) is 10.8 Å². The molecule has 3 rings (SSSR count). The van der Waals surface area contributed by atoms with E-state index in [0.717, 1.165) is 16.3 Å². The molecule has 2 aromatic rings. The van der Waals surface area contributed by atoms with E-state index in [4.69, 9.17) is 4.74 Å². The Morgan fingerprint density at radius 2 is 2.13 bits per heavy atom. The van der Waals surface area contributed by atoms with Crippen molar-refractivity contribution in [2.45, 2.75) is 25.2 Å². The van der Waals surface area contributed by atoms with Gasteiger partial charge in [-0.2, -0.15) is 0 Å². The second-order valence-corrected chi connectivity index (χ2v) is 5.88. The average Bonchev–Trinajstić information content (AvgIpc) is 2.59. The molecule has 122 valence electrons. The first-order chi connectivity index (χ1) is 11.1. The van der Waals surface area contributed by atoms with E-state index in [1.165, 1.54) is 0 Å². The van der Waals surface area contributed by atoms with Gasteiger partial charge >= 0.3 is 0 Å². The molecule has 2 aromatic carbocycles. The van der Waals surface area contributed by atoms with Crippen LogP contribution < -0.4 is 10.6 Å². The largest absolute Gasteiger partial charge is 0.387 e. The standard InChI is InChI=1S/C18H22N2O3/c1-12-17(19-8-9-23-12)18(22)20-11-16(21)15-7-6-13-4-2-3-5-14(13)10-15/h2-7,10,12,16-17,19,21H,8-9,11H2,1H3,(H,20,22)/t12-,16?,17+/m1/s1. The number of benzene rings is 2. The third kappa shape index (κ3) is 3.69. The predicted octanol–water partition coefficient (Wildman–Crippen LogP) is 1.37. The highest BCUT2D eigenvalue weighted by molar-refractivity contribution is 5.83. The van der Waals surface area contributed by atoms with Crippen LogP contribution in [-0.2, 0) is 9.53 Å². The fourth-order valence-corrected chi connectivity index (χ4v) is 2.87. The Kier molecular flexibility index (Phi) is 4.91. The van der Waals surface area contributed by atoms with Gasteiger partial charge in [-0.1, -0.05) is 36.4 Å². The van der Waals surface area contributed by atoms with Crippen LogP contribution in [0.3, 0.4) is 0 Å². The first-order valence-corrected chi connectivity index (χ1v) is 7.94. The minimum atomic E-state index is -0.733. The minimum Gasteiger partial charge on any atom is -0.387 e. The zero-order chi connectivity index (χ0) is 16.2. The summed E-state index contributed by atoms with van der Waals surface area (Å²) in [4.78, 5) is 12.2. The molecule has 3 N–H and O–H groups in total. The lowest BCUT2D eigenvalue weighted by Gasteiger charge is -2.29. The Hall–Kier alpha value is -1.95. The van der Waals surface area contributed by atoms with Crippen LogP contribution in [0.15, 0.2) is 42.5 Å². The fraction of sp³-hybridized carbons (Fsp3) is 0.389. The van der Waals surface area contributed by atoms with Gasteiger partial charge in [0.25, 0.3) is 0 Å². The topological polar surface area (TPSA) is 70.6 Å². The summed E-state index contributed by atoms with van der Waals surface area (Å²) in [7, 11) is 0. The Morgan fingerprint density at radius 1 is 1.35 bits per heavy atom. The number of nitrogens with one attached hydrogen (secondary N) is 2. The van der Waals surface area contributed by atoms with Crippen molar-refractivity contribution in [1.29, 1.82) is 0 Å². The summed E-state index contributed by atoms with van der Waals surface area (Å²) in [5.74, 6) is -0.142. The smallest absolute Gasteiger partial charge is 0.239 e. The molecule has 1 saturated heterocycles. The first-order valence-electron chi connectivity index (χ1n) is 7.94. The highest BCUT2D eigenvalue weighted by atomic mass is 16.5. The summed E-state index contributed by atoms with van der Waals surface area (Å²) >= 11 is 0. The molecule has 1 fully saturated rings. The summed E-state index contributed by atoms with van der Waals surface area (Å²) in [6, 6.07) is 13.5. The van der Waals surface area contributed by atoms with Gasteiger partial charge in [0.15, 0.2) is 0 Å². The van der Waals surface area contributed by atoms with Gasteiger partial charge in [-0.15, -0.1) is 0 Å². The van der Waals surface area contributed by atoms with E-state index < -0.39 is 6.10 Å². The summed E-state index contributed by atoms with van der Waals surface area (Å²) in [5, 5.41) is 18.5. The molecule has 0 saturated carbocycles. The number of aliphatic hydroxyl groups excluding tert-OH is 1. The van der Waals surface area contributed by atoms with Gasteiger partial charge in [0.2, 0.25) is 5.91 Å². The highest BCUT2D eigenvalue weighted by Crippen LogP contribution is 2.20. The molecule has 5 heteroatoms. The van der Waals surface area contributed by atoms with Gasteiger partial charge < -0.3 is 20.5 Å². The zero-order valence-corrected chi connectivity index (χ0v) is 13.2. The van der Waals surface area contributed by atoms with Crippen LogP contribution >= 0.6 is 0 Å². The van der Waals surface area contributed by atoms with E-state index in [1.54, 1.807) is 0 Å². The number of aliphatic hydroxyl groups is 1. The predicted molar refractivity (Wildman–Crippen MR) is 89.1 cm³/mol. The first kappa shape index (κ1) is 15.9. The summed E-state index contributed by atoms with van der Waals surface area (Å²) in [6.45, 7) is 3.33. The van der Waals surface area contributed by atoms with Crippen molar-refractivity contribution in [3.63, 3.8) is 0 Å². The molecular formula is C18H22N2O3. The van der Waals surface area contributed by atoms with Crippen LogP contribution in [0.4, 0.5) is 0 Å². The van der Waals surface area contributed by atoms with Crippen molar-refractivity contribution in [2.24, 2.45) is 0 Å². The van der Waals surface area contributed by atoms with Crippen molar-refractivity contribution in [3.8, 4) is 0 Å². The third-order valence-corrected chi connectivity index (χ3v) is 4.23. The van der Waals surface area contributed by atoms with Crippen LogP contribution in [0.2, 0.25) is 0 Å². The lowest BCUT2D eigenvalue weighted by atomic mass is 10.0. The van der Waals surface area contributed by atoms with E-state index in [9.17, 15) is 9.90 Å². The molecule has 1 heterocycles. The summed E-state index contributed by atoms with van der Waals surface area (Å²) < 4.78 is 5.47. The van der Waals surface area contributed by atoms with Crippen LogP contribution in [0.5, 0.6) is 0 Å². The average molecular weight is 314 g/mol. The van der Waals surface area contributed by atoms with Gasteiger partial charge in [-0.05, 0) is 29.3 Å². The number of rotatable bonds is 4. The van der Waals surface area contributed by atoms with Crippen molar-refractivity contribution in [2.75, 3.05) is 19.7 Å². The molecule has 0 aromatic heterocycles. The number of hydrogen-bond acceptors (Lipinski definition) is 4. The molecule has 0 aliphatic carbocycles. The molecule has 0 radical (unpaired) electrons. The molecule has 5 nitrogen and oxygen atoms in total. The molecule has 1 aliphatic rings. The number of ether oxygens (including phenoxy) is 1. The lowest BCUT2D eigenvalue weighted by Crippen LogP contribution is -2.55. The molecule has 0 bridgehead atoms. The van der Waals surface area contributed by atoms with E-state index in [-0.39, 0.29) is 24.6 Å². The van der Waals surface area contributed by atoms with Gasteiger partial charge in [0, 0.05) is 13.1 Å². The van der Waals surface area contributed by atoms with Crippen LogP contribution in [0.1, 0.15) is 18.6 Å². The van der Waals surface area contributed by atoms with Crippen molar-refractivity contribution >= 4 is 16.7 Å². The Balaban J connectivity index is 1.61. The zero-order valence-electron chi connectivity index (χ0n) is 13.2. The monoisotopic (exact) mass is 314 g/mol. The Labute approximate surface area is 135 Å². The van der Waals surface area contributed by atoms with Gasteiger partial charge in [0.1, 0.15) is 6.04 Å². The summed E-state index contributed by atoms with van der Waals surface area (Å²) in [6.07, 6.45) is -0.898. The van der Waals surface area contributed by atoms with E-state index >= 15 is 0 Å². The number of hydrogen-bond donors (Lipinski definition) is 3. The number of carbonyl (C=O) groups excluding carboxylic acids is 1. The second kappa shape index (κ2) is 7.08. The maximum Gasteiger partial charge on any atom is 0.239 e. The number of amides is 1. The third-order valence-electron chi connectivity index (χ3n) is 4.23. The van der Waals surface area contributed by atoms with Gasteiger partial charge in [-0.25, -0.2) is 0 Å². The normalized spacial score (nSPS) is 22.7. The second-order valence-electron chi connectivity index (χ2n) is 5.88. The van der Waals surface area contributed by atoms with Gasteiger partial charge in [0.05, 0.1) is 18.8 Å². The van der Waals surface area contributed by atoms with E-state index in [1.807, 2.05) is 49.4 Å². The quantitative estimate of drug-likeness (QED) is 0.797. The van der Waals surface area contributed by atoms with Crippen LogP contribution in [-0.4, -0.2) is 42.9 Å². The Bertz CT molecular complexity index is 689.